The van der Waals surface area contributed by atoms with Gasteiger partial charge in [0.05, 0.1) is 7.11 Å². The molecule has 0 saturated heterocycles. The number of ether oxygens (including phenoxy) is 1. The van der Waals surface area contributed by atoms with Gasteiger partial charge >= 0.3 is 0 Å². The highest BCUT2D eigenvalue weighted by molar-refractivity contribution is 7.26. The van der Waals surface area contributed by atoms with Gasteiger partial charge in [-0.3, -0.25) is 0 Å². The molecule has 3 nitrogen and oxygen atoms in total. The predicted octanol–water partition coefficient (Wildman–Crippen LogP) is 13.8. The van der Waals surface area contributed by atoms with E-state index in [1.807, 2.05) is 35.6 Å². The number of hydrogen-bond acceptors (Lipinski definition) is 4. The van der Waals surface area contributed by atoms with Crippen molar-refractivity contribution < 1.29 is 13.6 Å². The van der Waals surface area contributed by atoms with Crippen LogP contribution in [-0.4, -0.2) is 7.11 Å². The molecule has 236 valence electrons. The monoisotopic (exact) mass is 660 g/mol. The molecule has 4 heteroatoms. The fourth-order valence-electron chi connectivity index (χ4n) is 8.01. The van der Waals surface area contributed by atoms with Crippen LogP contribution in [0.4, 0.5) is 0 Å². The summed E-state index contributed by atoms with van der Waals surface area (Å²) in [5, 5.41) is 11.9. The van der Waals surface area contributed by atoms with Crippen LogP contribution in [0.15, 0.2) is 142 Å². The van der Waals surface area contributed by atoms with Crippen LogP contribution in [0.25, 0.3) is 108 Å². The Balaban J connectivity index is 1.35. The third-order valence-corrected chi connectivity index (χ3v) is 11.5. The first-order valence-corrected chi connectivity index (χ1v) is 17.7. The van der Waals surface area contributed by atoms with E-state index in [0.29, 0.717) is 0 Å². The molecule has 0 saturated carbocycles. The molecular weight excluding hydrogens is 633 g/mol. The molecule has 0 radical (unpaired) electrons. The van der Waals surface area contributed by atoms with Gasteiger partial charge < -0.3 is 13.6 Å². The molecule has 11 rings (SSSR count). The molecule has 0 fully saturated rings. The number of para-hydroxylation sites is 2. The van der Waals surface area contributed by atoms with Crippen molar-refractivity contribution >= 4 is 96.9 Å². The Morgan fingerprint density at radius 3 is 1.42 bits per heavy atom. The number of methoxy groups -OCH3 is 1. The molecule has 0 N–H and O–H groups in total. The van der Waals surface area contributed by atoms with E-state index >= 15 is 0 Å². The van der Waals surface area contributed by atoms with Crippen LogP contribution in [0, 0.1) is 6.92 Å². The van der Waals surface area contributed by atoms with Gasteiger partial charge in [0, 0.05) is 41.7 Å². The van der Waals surface area contributed by atoms with E-state index in [0.717, 1.165) is 55.2 Å². The maximum absolute atomic E-state index is 6.47. The molecule has 3 aromatic heterocycles. The summed E-state index contributed by atoms with van der Waals surface area (Å²) in [6, 6.07) is 48.0. The fraction of sp³-hybridized carbons (Fsp3) is 0.0435. The van der Waals surface area contributed by atoms with Crippen molar-refractivity contribution in [3.05, 3.63) is 139 Å². The first-order chi connectivity index (χ1) is 24.6. The number of furan rings is 2. The van der Waals surface area contributed by atoms with Crippen LogP contribution in [0.3, 0.4) is 0 Å². The van der Waals surface area contributed by atoms with E-state index < -0.39 is 0 Å². The second-order valence-electron chi connectivity index (χ2n) is 13.3. The number of fused-ring (bicyclic) bond motifs is 13. The van der Waals surface area contributed by atoms with Crippen molar-refractivity contribution in [2.45, 2.75) is 6.92 Å². The molecule has 11 aromatic rings. The van der Waals surface area contributed by atoms with Crippen LogP contribution in [-0.2, 0) is 0 Å². The van der Waals surface area contributed by atoms with Crippen molar-refractivity contribution in [1.82, 2.24) is 0 Å². The van der Waals surface area contributed by atoms with Gasteiger partial charge in [0.2, 0.25) is 0 Å². The zero-order valence-corrected chi connectivity index (χ0v) is 28.2. The van der Waals surface area contributed by atoms with Gasteiger partial charge in [0.25, 0.3) is 0 Å². The Kier molecular flexibility index (Phi) is 5.68. The highest BCUT2D eigenvalue weighted by Gasteiger charge is 2.21. The first kappa shape index (κ1) is 27.8. The Morgan fingerprint density at radius 1 is 0.440 bits per heavy atom. The normalized spacial score (nSPS) is 12.2. The van der Waals surface area contributed by atoms with Gasteiger partial charge in [0.15, 0.2) is 0 Å². The largest absolute Gasteiger partial charge is 0.497 e. The Morgan fingerprint density at radius 2 is 0.920 bits per heavy atom. The minimum Gasteiger partial charge on any atom is -0.497 e. The Labute approximate surface area is 290 Å². The van der Waals surface area contributed by atoms with E-state index in [1.165, 1.54) is 64.0 Å². The van der Waals surface area contributed by atoms with E-state index in [1.54, 1.807) is 7.11 Å². The van der Waals surface area contributed by atoms with Crippen LogP contribution < -0.4 is 4.74 Å². The van der Waals surface area contributed by atoms with Gasteiger partial charge in [-0.2, -0.15) is 0 Å². The second-order valence-corrected chi connectivity index (χ2v) is 14.4. The zero-order valence-electron chi connectivity index (χ0n) is 27.3. The van der Waals surface area contributed by atoms with Crippen molar-refractivity contribution in [3.63, 3.8) is 0 Å². The molecule has 0 bridgehead atoms. The standard InChI is InChI=1S/C46H28O3S/c1-25-11-13-26(14-12-25)31-23-43-45(37-19-35-29-7-3-5-9-39(29)48-41(35)21-33(31)37)46-38-20-36-30-8-4-6-10-40(30)49-42(36)22-34(38)32(24-44(46)50-43)27-15-17-28(47-2)18-16-27/h3-24H,1-2H3. The summed E-state index contributed by atoms with van der Waals surface area (Å²) in [5.74, 6) is 0.842. The Hall–Kier alpha value is -6.10. The molecule has 0 aliphatic carbocycles. The van der Waals surface area contributed by atoms with E-state index in [2.05, 4.69) is 116 Å². The van der Waals surface area contributed by atoms with Crippen LogP contribution in [0.1, 0.15) is 5.56 Å². The number of aryl methyl sites for hydroxylation is 1. The SMILES string of the molecule is COc1ccc(-c2cc3sc4cc(-c5ccc(C)cc5)c5cc6oc7ccccc7c6cc5c4c3c3cc4c(cc23)oc2ccccc24)cc1. The van der Waals surface area contributed by atoms with Crippen molar-refractivity contribution in [3.8, 4) is 28.0 Å². The summed E-state index contributed by atoms with van der Waals surface area (Å²) in [6.45, 7) is 2.14. The van der Waals surface area contributed by atoms with Crippen molar-refractivity contribution in [1.29, 1.82) is 0 Å². The molecule has 0 atom stereocenters. The quantitative estimate of drug-likeness (QED) is 0.189. The summed E-state index contributed by atoms with van der Waals surface area (Å²) in [6.07, 6.45) is 0. The lowest BCUT2D eigenvalue weighted by atomic mass is 9.90. The summed E-state index contributed by atoms with van der Waals surface area (Å²) >= 11 is 1.87. The minimum absolute atomic E-state index is 0.842. The predicted molar refractivity (Wildman–Crippen MR) is 211 cm³/mol. The molecule has 50 heavy (non-hydrogen) atoms. The molecule has 0 unspecified atom stereocenters. The van der Waals surface area contributed by atoms with E-state index in [-0.39, 0.29) is 0 Å². The van der Waals surface area contributed by atoms with E-state index in [4.69, 9.17) is 13.6 Å². The topological polar surface area (TPSA) is 35.5 Å². The lowest BCUT2D eigenvalue weighted by Crippen LogP contribution is -1.86. The second kappa shape index (κ2) is 10.2. The highest BCUT2D eigenvalue weighted by atomic mass is 32.1. The van der Waals surface area contributed by atoms with Gasteiger partial charge in [-0.05, 0) is 111 Å². The summed E-state index contributed by atoms with van der Waals surface area (Å²) in [4.78, 5) is 0. The van der Waals surface area contributed by atoms with Crippen LogP contribution in [0.5, 0.6) is 5.75 Å². The van der Waals surface area contributed by atoms with E-state index in [9.17, 15) is 0 Å². The molecule has 0 aliphatic rings. The number of rotatable bonds is 3. The zero-order chi connectivity index (χ0) is 33.1. The minimum atomic E-state index is 0.842. The Bertz CT molecular complexity index is 3170. The maximum Gasteiger partial charge on any atom is 0.136 e. The lowest BCUT2D eigenvalue weighted by Gasteiger charge is -2.12. The van der Waals surface area contributed by atoms with Crippen molar-refractivity contribution in [2.75, 3.05) is 7.11 Å². The fourth-order valence-corrected chi connectivity index (χ4v) is 9.22. The molecule has 0 amide bonds. The molecular formula is C46H28O3S. The van der Waals surface area contributed by atoms with Gasteiger partial charge in [0.1, 0.15) is 28.1 Å². The average Bonchev–Trinajstić information content (AvgIpc) is 3.83. The summed E-state index contributed by atoms with van der Waals surface area (Å²) in [5.41, 5.74) is 9.58. The summed E-state index contributed by atoms with van der Waals surface area (Å²) < 4.78 is 21.0. The lowest BCUT2D eigenvalue weighted by molar-refractivity contribution is 0.415. The van der Waals surface area contributed by atoms with Crippen LogP contribution >= 0.6 is 11.3 Å². The number of thiophene rings is 1. The first-order valence-electron chi connectivity index (χ1n) is 16.8. The van der Waals surface area contributed by atoms with Gasteiger partial charge in [-0.1, -0.05) is 78.4 Å². The smallest absolute Gasteiger partial charge is 0.136 e. The summed E-state index contributed by atoms with van der Waals surface area (Å²) in [7, 11) is 1.71. The van der Waals surface area contributed by atoms with Crippen LogP contribution in [0.2, 0.25) is 0 Å². The number of hydrogen-bond donors (Lipinski definition) is 0. The maximum atomic E-state index is 6.47. The third-order valence-electron chi connectivity index (χ3n) is 10.4. The van der Waals surface area contributed by atoms with Crippen molar-refractivity contribution in [2.24, 2.45) is 0 Å². The molecule has 0 aliphatic heterocycles. The number of benzene rings is 8. The van der Waals surface area contributed by atoms with Gasteiger partial charge in [-0.15, -0.1) is 11.3 Å². The van der Waals surface area contributed by atoms with Gasteiger partial charge in [-0.25, -0.2) is 0 Å². The highest BCUT2D eigenvalue weighted by Crippen LogP contribution is 2.50. The third kappa shape index (κ3) is 3.91. The molecule has 0 spiro atoms. The molecule has 8 aromatic carbocycles. The average molecular weight is 661 g/mol. The molecule has 3 heterocycles.